The first kappa shape index (κ1) is 15.7. The molecule has 0 unspecified atom stereocenters. The summed E-state index contributed by atoms with van der Waals surface area (Å²) in [5.41, 5.74) is -5.07. The fourth-order valence-corrected chi connectivity index (χ4v) is 2.39. The van der Waals surface area contributed by atoms with Gasteiger partial charge in [0.05, 0.1) is 16.5 Å². The van der Waals surface area contributed by atoms with E-state index < -0.39 is 40.4 Å². The number of rotatable bonds is 2. The zero-order valence-corrected chi connectivity index (χ0v) is 10.5. The van der Waals surface area contributed by atoms with E-state index in [2.05, 4.69) is 0 Å². The van der Waals surface area contributed by atoms with Crippen molar-refractivity contribution >= 4 is 5.97 Å². The van der Waals surface area contributed by atoms with E-state index in [4.69, 9.17) is 5.11 Å². The van der Waals surface area contributed by atoms with Crippen molar-refractivity contribution in [1.82, 2.24) is 0 Å². The Hall–Kier alpha value is -1.73. The van der Waals surface area contributed by atoms with Crippen molar-refractivity contribution < 1.29 is 36.2 Å². The zero-order chi connectivity index (χ0) is 16.1. The number of benzene rings is 1. The average molecular weight is 312 g/mol. The van der Waals surface area contributed by atoms with Gasteiger partial charge in [-0.3, -0.25) is 4.79 Å². The molecule has 21 heavy (non-hydrogen) atoms. The summed E-state index contributed by atoms with van der Waals surface area (Å²) in [6.45, 7) is 0. The summed E-state index contributed by atoms with van der Waals surface area (Å²) in [5, 5.41) is 9.16. The number of carbonyl (C=O) groups is 1. The Kier molecular flexibility index (Phi) is 3.46. The summed E-state index contributed by atoms with van der Waals surface area (Å²) in [5.74, 6) is -1.40. The van der Waals surface area contributed by atoms with E-state index in [1.807, 2.05) is 0 Å². The number of alkyl halides is 6. The molecule has 0 bridgehead atoms. The van der Waals surface area contributed by atoms with Crippen LogP contribution < -0.4 is 0 Å². The third-order valence-corrected chi connectivity index (χ3v) is 3.76. The lowest BCUT2D eigenvalue weighted by Crippen LogP contribution is -2.42. The highest BCUT2D eigenvalue weighted by Gasteiger charge is 2.48. The summed E-state index contributed by atoms with van der Waals surface area (Å²) in [6.07, 6.45) is -9.44. The molecule has 1 aliphatic carbocycles. The maximum Gasteiger partial charge on any atom is 0.416 e. The van der Waals surface area contributed by atoms with Gasteiger partial charge in [-0.25, -0.2) is 0 Å². The van der Waals surface area contributed by atoms with Gasteiger partial charge in [0.2, 0.25) is 0 Å². The summed E-state index contributed by atoms with van der Waals surface area (Å²) in [7, 11) is 0. The number of halogens is 6. The average Bonchev–Trinajstić information content (AvgIpc) is 2.24. The number of aliphatic carboxylic acids is 1. The third kappa shape index (κ3) is 2.71. The van der Waals surface area contributed by atoms with E-state index in [0.29, 0.717) is 18.6 Å². The Morgan fingerprint density at radius 2 is 1.38 bits per heavy atom. The third-order valence-electron chi connectivity index (χ3n) is 3.76. The molecule has 0 radical (unpaired) electrons. The predicted octanol–water partition coefficient (Wildman–Crippen LogP) is 4.23. The van der Waals surface area contributed by atoms with Crippen molar-refractivity contribution in [3.05, 3.63) is 34.9 Å². The van der Waals surface area contributed by atoms with Gasteiger partial charge >= 0.3 is 18.3 Å². The van der Waals surface area contributed by atoms with Crippen LogP contribution in [-0.2, 0) is 22.6 Å². The second-order valence-corrected chi connectivity index (χ2v) is 5.04. The molecule has 1 aromatic carbocycles. The monoisotopic (exact) mass is 312 g/mol. The van der Waals surface area contributed by atoms with E-state index >= 15 is 0 Å². The topological polar surface area (TPSA) is 37.3 Å². The van der Waals surface area contributed by atoms with Crippen molar-refractivity contribution in [3.8, 4) is 0 Å². The Balaban J connectivity index is 2.64. The quantitative estimate of drug-likeness (QED) is 0.830. The van der Waals surface area contributed by atoms with E-state index in [0.717, 1.165) is 0 Å². The van der Waals surface area contributed by atoms with Crippen LogP contribution in [0.4, 0.5) is 26.3 Å². The van der Waals surface area contributed by atoms with Crippen molar-refractivity contribution in [2.24, 2.45) is 0 Å². The maximum atomic E-state index is 12.7. The van der Waals surface area contributed by atoms with Gasteiger partial charge in [-0.2, -0.15) is 26.3 Å². The fourth-order valence-electron chi connectivity index (χ4n) is 2.39. The standard InChI is InChI=1S/C13H10F6O2/c14-12(15,16)8-4-7(5-9(6-8)13(17,18)19)11(10(20)21)2-1-3-11/h4-6H,1-3H2,(H,20,21). The highest BCUT2D eigenvalue weighted by Crippen LogP contribution is 2.47. The number of hydrogen-bond donors (Lipinski definition) is 1. The predicted molar refractivity (Wildman–Crippen MR) is 59.6 cm³/mol. The summed E-state index contributed by atoms with van der Waals surface area (Å²) in [6, 6.07) is 1.00. The van der Waals surface area contributed by atoms with Crippen molar-refractivity contribution in [2.75, 3.05) is 0 Å². The number of carboxylic acids is 1. The molecular weight excluding hydrogens is 302 g/mol. The van der Waals surface area contributed by atoms with Crippen LogP contribution in [0, 0.1) is 0 Å². The molecule has 116 valence electrons. The molecule has 0 spiro atoms. The molecule has 0 aliphatic heterocycles. The number of hydrogen-bond acceptors (Lipinski definition) is 1. The van der Waals surface area contributed by atoms with E-state index in [9.17, 15) is 31.1 Å². The van der Waals surface area contributed by atoms with Gasteiger partial charge < -0.3 is 5.11 Å². The largest absolute Gasteiger partial charge is 0.481 e. The molecule has 0 heterocycles. The summed E-state index contributed by atoms with van der Waals surface area (Å²) in [4.78, 5) is 11.3. The van der Waals surface area contributed by atoms with Gasteiger partial charge in [0.1, 0.15) is 0 Å². The molecule has 2 rings (SSSR count). The fraction of sp³-hybridized carbons (Fsp3) is 0.462. The molecule has 1 aromatic rings. The zero-order valence-electron chi connectivity index (χ0n) is 10.5. The molecule has 0 atom stereocenters. The summed E-state index contributed by atoms with van der Waals surface area (Å²) >= 11 is 0. The van der Waals surface area contributed by atoms with Crippen molar-refractivity contribution in [1.29, 1.82) is 0 Å². The first-order chi connectivity index (χ1) is 9.47. The highest BCUT2D eigenvalue weighted by atomic mass is 19.4. The SMILES string of the molecule is O=C(O)C1(c2cc(C(F)(F)F)cc(C(F)(F)F)c2)CCC1. The maximum absolute atomic E-state index is 12.7. The van der Waals surface area contributed by atoms with Gasteiger partial charge in [0.15, 0.2) is 0 Å². The molecule has 0 saturated heterocycles. The van der Waals surface area contributed by atoms with Gasteiger partial charge in [-0.15, -0.1) is 0 Å². The van der Waals surface area contributed by atoms with Crippen LogP contribution in [0.2, 0.25) is 0 Å². The smallest absolute Gasteiger partial charge is 0.416 e. The molecular formula is C13H10F6O2. The van der Waals surface area contributed by atoms with Crippen LogP contribution in [-0.4, -0.2) is 11.1 Å². The van der Waals surface area contributed by atoms with E-state index in [1.54, 1.807) is 0 Å². The van der Waals surface area contributed by atoms with Gasteiger partial charge in [-0.05, 0) is 36.6 Å². The van der Waals surface area contributed by atoms with Crippen molar-refractivity contribution in [3.63, 3.8) is 0 Å². The van der Waals surface area contributed by atoms with E-state index in [-0.39, 0.29) is 18.9 Å². The number of carboxylic acid groups (broad SMARTS) is 1. The lowest BCUT2D eigenvalue weighted by Gasteiger charge is -2.38. The molecule has 1 fully saturated rings. The van der Waals surface area contributed by atoms with E-state index in [1.165, 1.54) is 0 Å². The van der Waals surface area contributed by atoms with Crippen LogP contribution >= 0.6 is 0 Å². The molecule has 1 N–H and O–H groups in total. The van der Waals surface area contributed by atoms with Crippen LogP contribution in [0.15, 0.2) is 18.2 Å². The first-order valence-corrected chi connectivity index (χ1v) is 6.00. The molecule has 2 nitrogen and oxygen atoms in total. The Morgan fingerprint density at radius 3 is 1.62 bits per heavy atom. The lowest BCUT2D eigenvalue weighted by atomic mass is 9.64. The second kappa shape index (κ2) is 4.64. The molecule has 8 heteroatoms. The Labute approximate surface area is 115 Å². The van der Waals surface area contributed by atoms with Crippen LogP contribution in [0.1, 0.15) is 36.0 Å². The second-order valence-electron chi connectivity index (χ2n) is 5.04. The van der Waals surface area contributed by atoms with Crippen LogP contribution in [0.5, 0.6) is 0 Å². The Bertz CT molecular complexity index is 537. The normalized spacial score (nSPS) is 18.2. The van der Waals surface area contributed by atoms with Gasteiger partial charge in [0, 0.05) is 0 Å². The molecule has 1 aliphatic rings. The summed E-state index contributed by atoms with van der Waals surface area (Å²) < 4.78 is 76.4. The lowest BCUT2D eigenvalue weighted by molar-refractivity contribution is -0.149. The Morgan fingerprint density at radius 1 is 0.952 bits per heavy atom. The first-order valence-electron chi connectivity index (χ1n) is 6.00. The van der Waals surface area contributed by atoms with Gasteiger partial charge in [-0.1, -0.05) is 6.42 Å². The molecule has 1 saturated carbocycles. The van der Waals surface area contributed by atoms with Crippen LogP contribution in [0.25, 0.3) is 0 Å². The highest BCUT2D eigenvalue weighted by molar-refractivity contribution is 5.82. The minimum atomic E-state index is -4.97. The van der Waals surface area contributed by atoms with Crippen LogP contribution in [0.3, 0.4) is 0 Å². The minimum absolute atomic E-state index is 0.00227. The van der Waals surface area contributed by atoms with Crippen molar-refractivity contribution in [2.45, 2.75) is 37.0 Å². The minimum Gasteiger partial charge on any atom is -0.481 e. The van der Waals surface area contributed by atoms with Gasteiger partial charge in [0.25, 0.3) is 0 Å². The molecule has 0 amide bonds. The molecule has 0 aromatic heterocycles.